The van der Waals surface area contributed by atoms with Crippen LogP contribution in [0.2, 0.25) is 0 Å². The van der Waals surface area contributed by atoms with Gasteiger partial charge in [-0.2, -0.15) is 0 Å². The Balaban J connectivity index is 0. The minimum absolute atomic E-state index is 0. The molecule has 0 N–H and O–H groups in total. The molecule has 0 aromatic carbocycles. The molecular weight excluding hydrogens is 60.9 g/mol. The summed E-state index contributed by atoms with van der Waals surface area (Å²) >= 11 is 0. The minimum atomic E-state index is 0. The molecule has 0 atom stereocenters. The van der Waals surface area contributed by atoms with Gasteiger partial charge in [0, 0.05) is 0 Å². The van der Waals surface area contributed by atoms with Crippen molar-refractivity contribution in [2.75, 3.05) is 21.1 Å². The van der Waals surface area contributed by atoms with Crippen LogP contribution in [0.15, 0.2) is 0 Å². The van der Waals surface area contributed by atoms with Gasteiger partial charge in [-0.1, -0.05) is 0 Å². The number of rotatable bonds is 0. The summed E-state index contributed by atoms with van der Waals surface area (Å²) in [5.41, 5.74) is 0. The first kappa shape index (κ1) is 8.90. The van der Waals surface area contributed by atoms with Crippen molar-refractivity contribution in [1.29, 1.82) is 0 Å². The van der Waals surface area contributed by atoms with Crippen molar-refractivity contribution in [3.05, 3.63) is 0 Å². The van der Waals surface area contributed by atoms with E-state index >= 15 is 0 Å². The summed E-state index contributed by atoms with van der Waals surface area (Å²) in [7, 11) is 6.00. The van der Waals surface area contributed by atoms with Crippen molar-refractivity contribution in [3.63, 3.8) is 0 Å². The van der Waals surface area contributed by atoms with Crippen LogP contribution in [0.25, 0.3) is 0 Å². The van der Waals surface area contributed by atoms with Gasteiger partial charge in [-0.15, -0.1) is 0 Å². The average Bonchev–Trinajstić information content (AvgIpc) is 0.811. The summed E-state index contributed by atoms with van der Waals surface area (Å²) in [6, 6.07) is 0. The molecule has 0 saturated carbocycles. The third-order valence-corrected chi connectivity index (χ3v) is 0. The van der Waals surface area contributed by atoms with E-state index < -0.39 is 0 Å². The van der Waals surface area contributed by atoms with Crippen molar-refractivity contribution >= 4 is 8.41 Å². The topological polar surface area (TPSA) is 3.24 Å². The first-order valence-corrected chi connectivity index (χ1v) is 1.34. The maximum absolute atomic E-state index is 2.00. The second kappa shape index (κ2) is 4.02. The summed E-state index contributed by atoms with van der Waals surface area (Å²) in [5.74, 6) is 0. The predicted molar refractivity (Wildman–Crippen MR) is 25.4 cm³/mol. The largest absolute Gasteiger partial charge is 1.00 e. The van der Waals surface area contributed by atoms with Crippen LogP contribution in [0.1, 0.15) is 0 Å². The van der Waals surface area contributed by atoms with Gasteiger partial charge in [-0.05, 0) is 21.1 Å². The molecule has 0 amide bonds. The van der Waals surface area contributed by atoms with Crippen LogP contribution in [0.5, 0.6) is 0 Å². The Morgan fingerprint density at radius 2 is 1.00 bits per heavy atom. The van der Waals surface area contributed by atoms with Crippen LogP contribution in [-0.2, 0) is 0 Å². The molecule has 0 aliphatic rings. The van der Waals surface area contributed by atoms with Crippen LogP contribution in [0, 0.1) is 0 Å². The monoisotopic (exact) mass is 70.1 g/mol. The molecule has 4 radical (unpaired) electrons. The van der Waals surface area contributed by atoms with Crippen molar-refractivity contribution in [1.82, 2.24) is 4.90 Å². The molecule has 1 nitrogen and oxygen atoms in total. The molecule has 0 rings (SSSR count). The molecule has 0 aliphatic heterocycles. The standard InChI is InChI=1S/C3H9N.B/c1-4(2)3;/h1-3H3;/q;-1. The highest BCUT2D eigenvalue weighted by molar-refractivity contribution is 5.75. The van der Waals surface area contributed by atoms with Crippen molar-refractivity contribution < 1.29 is 0 Å². The van der Waals surface area contributed by atoms with E-state index in [1.54, 1.807) is 0 Å². The fraction of sp³-hybridized carbons (Fsp3) is 1.00. The normalized spacial score (nSPS) is 7.20. The third kappa shape index (κ3) is 26500. The lowest BCUT2D eigenvalue weighted by atomic mass is 10.8. The molecule has 0 unspecified atom stereocenters. The molecule has 0 bridgehead atoms. The fourth-order valence-corrected chi connectivity index (χ4v) is 0. The van der Waals surface area contributed by atoms with Crippen molar-refractivity contribution in [2.45, 2.75) is 0 Å². The molecule has 5 heavy (non-hydrogen) atoms. The Labute approximate surface area is 35.6 Å². The van der Waals surface area contributed by atoms with Crippen LogP contribution in [0.3, 0.4) is 0 Å². The van der Waals surface area contributed by atoms with Gasteiger partial charge >= 0.3 is 0 Å². The van der Waals surface area contributed by atoms with Crippen molar-refractivity contribution in [3.8, 4) is 0 Å². The zero-order valence-electron chi connectivity index (χ0n) is 4.02. The van der Waals surface area contributed by atoms with Crippen LogP contribution in [-0.4, -0.2) is 34.5 Å². The molecule has 0 aromatic heterocycles. The average molecular weight is 69.9 g/mol. The van der Waals surface area contributed by atoms with E-state index in [2.05, 4.69) is 0 Å². The fourth-order valence-electron chi connectivity index (χ4n) is 0. The molecule has 30 valence electrons. The van der Waals surface area contributed by atoms with Crippen LogP contribution >= 0.6 is 0 Å². The Hall–Kier alpha value is 0.0249. The maximum atomic E-state index is 2.00. The molecule has 0 spiro atoms. The summed E-state index contributed by atoms with van der Waals surface area (Å²) < 4.78 is 0. The second-order valence-electron chi connectivity index (χ2n) is 1.34. The summed E-state index contributed by atoms with van der Waals surface area (Å²) in [6.45, 7) is 0. The Morgan fingerprint density at radius 1 is 1.00 bits per heavy atom. The smallest absolute Gasteiger partial charge is 0.0140 e. The highest BCUT2D eigenvalue weighted by atomic mass is 15.0. The van der Waals surface area contributed by atoms with Gasteiger partial charge in [0.05, 0.1) is 0 Å². The van der Waals surface area contributed by atoms with Gasteiger partial charge in [0.2, 0.25) is 0 Å². The number of nitrogens with zero attached hydrogens (tertiary/aromatic N) is 1. The number of hydrogen-bond acceptors (Lipinski definition) is 1. The van der Waals surface area contributed by atoms with Gasteiger partial charge in [0.25, 0.3) is 0 Å². The van der Waals surface area contributed by atoms with E-state index in [0.717, 1.165) is 0 Å². The lowest BCUT2D eigenvalue weighted by Gasteiger charge is -1.90. The highest BCUT2D eigenvalue weighted by Crippen LogP contribution is 1.47. The van der Waals surface area contributed by atoms with E-state index in [1.807, 2.05) is 26.0 Å². The first-order chi connectivity index (χ1) is 1.73. The lowest BCUT2D eigenvalue weighted by Crippen LogP contribution is -1.99. The molecule has 0 saturated heterocycles. The zero-order valence-corrected chi connectivity index (χ0v) is 4.02. The highest BCUT2D eigenvalue weighted by Gasteiger charge is 1.58. The Bertz CT molecular complexity index is 11.6. The van der Waals surface area contributed by atoms with Gasteiger partial charge in [0.1, 0.15) is 0 Å². The minimum Gasteiger partial charge on any atom is -1.00 e. The van der Waals surface area contributed by atoms with Gasteiger partial charge in [-0.3, -0.25) is 0 Å². The van der Waals surface area contributed by atoms with Crippen LogP contribution < -0.4 is 0 Å². The van der Waals surface area contributed by atoms with E-state index in [1.165, 1.54) is 0 Å². The van der Waals surface area contributed by atoms with E-state index in [9.17, 15) is 0 Å². The molecule has 0 aliphatic carbocycles. The molecular formula is C3H9BN-. The summed E-state index contributed by atoms with van der Waals surface area (Å²) in [4.78, 5) is 2.00. The maximum Gasteiger partial charge on any atom is -0.0140 e. The Morgan fingerprint density at radius 3 is 1.00 bits per heavy atom. The quantitative estimate of drug-likeness (QED) is 0.356. The summed E-state index contributed by atoms with van der Waals surface area (Å²) in [5, 5.41) is 0. The van der Waals surface area contributed by atoms with Gasteiger partial charge in [-0.25, -0.2) is 0 Å². The van der Waals surface area contributed by atoms with Gasteiger partial charge in [0.15, 0.2) is 0 Å². The Kier molecular flexibility index (Phi) is 7.16. The predicted octanol–water partition coefficient (Wildman–Crippen LogP) is -0.203. The third-order valence-electron chi connectivity index (χ3n) is 0. The summed E-state index contributed by atoms with van der Waals surface area (Å²) in [6.07, 6.45) is 0. The number of hydrogen-bond donors (Lipinski definition) is 0. The molecule has 0 fully saturated rings. The van der Waals surface area contributed by atoms with E-state index in [0.29, 0.717) is 0 Å². The van der Waals surface area contributed by atoms with E-state index in [4.69, 9.17) is 0 Å². The first-order valence-electron chi connectivity index (χ1n) is 1.34. The second-order valence-corrected chi connectivity index (χ2v) is 1.34. The lowest BCUT2D eigenvalue weighted by molar-refractivity contribution is 0.505. The van der Waals surface area contributed by atoms with E-state index in [-0.39, 0.29) is 8.41 Å². The van der Waals surface area contributed by atoms with Gasteiger partial charge < -0.3 is 13.3 Å². The zero-order chi connectivity index (χ0) is 3.58. The molecule has 0 aromatic rings. The molecule has 0 heterocycles. The van der Waals surface area contributed by atoms with Crippen molar-refractivity contribution in [2.24, 2.45) is 0 Å². The molecule has 2 heteroatoms. The van der Waals surface area contributed by atoms with Crippen LogP contribution in [0.4, 0.5) is 0 Å². The SMILES string of the molecule is CN(C)C.[B-].